The monoisotopic (exact) mass is 401 g/mol. The lowest BCUT2D eigenvalue weighted by molar-refractivity contribution is -0.126. The Morgan fingerprint density at radius 2 is 1.55 bits per heavy atom. The fourth-order valence-electron chi connectivity index (χ4n) is 2.58. The second kappa shape index (κ2) is 10.8. The van der Waals surface area contributed by atoms with Crippen molar-refractivity contribution in [3.8, 4) is 0 Å². The summed E-state index contributed by atoms with van der Waals surface area (Å²) in [6.45, 7) is 5.01. The smallest absolute Gasteiger partial charge is 0.338 e. The van der Waals surface area contributed by atoms with Crippen LogP contribution in [-0.2, 0) is 14.3 Å². The summed E-state index contributed by atoms with van der Waals surface area (Å²) in [4.78, 5) is 37.7. The highest BCUT2D eigenvalue weighted by Gasteiger charge is 2.12. The molecule has 8 heteroatoms. The van der Waals surface area contributed by atoms with Crippen molar-refractivity contribution in [3.63, 3.8) is 0 Å². The fourth-order valence-corrected chi connectivity index (χ4v) is 2.58. The second-order valence-corrected chi connectivity index (χ2v) is 6.13. The highest BCUT2D eigenvalue weighted by molar-refractivity contribution is 5.95. The number of anilines is 2. The molecule has 2 N–H and O–H groups in total. The van der Waals surface area contributed by atoms with Gasteiger partial charge in [-0.3, -0.25) is 9.59 Å². The predicted molar refractivity (Wildman–Crippen MR) is 108 cm³/mol. The van der Waals surface area contributed by atoms with Gasteiger partial charge in [0.1, 0.15) is 5.82 Å². The molecule has 0 aliphatic heterocycles. The highest BCUT2D eigenvalue weighted by atomic mass is 19.1. The average Bonchev–Trinajstić information content (AvgIpc) is 2.73. The number of benzene rings is 2. The molecule has 29 heavy (non-hydrogen) atoms. The Bertz CT molecular complexity index is 834. The average molecular weight is 401 g/mol. The molecular formula is C21H24FN3O4. The van der Waals surface area contributed by atoms with Crippen molar-refractivity contribution in [2.75, 3.05) is 36.5 Å². The lowest BCUT2D eigenvalue weighted by atomic mass is 10.2. The number of amides is 2. The third kappa shape index (κ3) is 6.91. The number of hydrogen-bond acceptors (Lipinski definition) is 5. The summed E-state index contributed by atoms with van der Waals surface area (Å²) < 4.78 is 17.8. The number of hydrogen-bond donors (Lipinski definition) is 2. The summed E-state index contributed by atoms with van der Waals surface area (Å²) in [5.74, 6) is -2.13. The van der Waals surface area contributed by atoms with Crippen LogP contribution in [0.1, 0.15) is 24.2 Å². The minimum Gasteiger partial charge on any atom is -0.452 e. The summed E-state index contributed by atoms with van der Waals surface area (Å²) >= 11 is 0. The lowest BCUT2D eigenvalue weighted by Gasteiger charge is -2.20. The van der Waals surface area contributed by atoms with Crippen LogP contribution in [0.4, 0.5) is 15.8 Å². The molecule has 0 fully saturated rings. The van der Waals surface area contributed by atoms with Crippen LogP contribution >= 0.6 is 0 Å². The Labute approximate surface area is 168 Å². The first kappa shape index (κ1) is 21.9. The molecule has 154 valence electrons. The zero-order valence-corrected chi connectivity index (χ0v) is 16.4. The molecule has 0 heterocycles. The first-order valence-electron chi connectivity index (χ1n) is 9.27. The number of nitrogens with zero attached hydrogens (tertiary/aromatic N) is 1. The standard InChI is InChI=1S/C21H24FN3O4/c1-3-25(4-2)18-11-5-15(6-12-18)21(28)29-14-20(27)23-13-19(26)24-17-9-7-16(22)8-10-17/h5-12H,3-4,13-14H2,1-2H3,(H,23,27)(H,24,26). The van der Waals surface area contributed by atoms with E-state index in [-0.39, 0.29) is 6.54 Å². The molecule has 0 aromatic heterocycles. The van der Waals surface area contributed by atoms with Crippen molar-refractivity contribution in [3.05, 3.63) is 59.9 Å². The van der Waals surface area contributed by atoms with E-state index in [9.17, 15) is 18.8 Å². The van der Waals surface area contributed by atoms with Crippen LogP contribution in [0.15, 0.2) is 48.5 Å². The van der Waals surface area contributed by atoms with Gasteiger partial charge in [-0.05, 0) is 62.4 Å². The van der Waals surface area contributed by atoms with Crippen molar-refractivity contribution in [1.29, 1.82) is 0 Å². The molecule has 0 saturated carbocycles. The first-order chi connectivity index (χ1) is 13.9. The van der Waals surface area contributed by atoms with Crippen molar-refractivity contribution in [2.45, 2.75) is 13.8 Å². The highest BCUT2D eigenvalue weighted by Crippen LogP contribution is 2.15. The van der Waals surface area contributed by atoms with Crippen molar-refractivity contribution in [2.24, 2.45) is 0 Å². The minimum atomic E-state index is -0.623. The van der Waals surface area contributed by atoms with E-state index in [0.29, 0.717) is 11.3 Å². The van der Waals surface area contributed by atoms with Gasteiger partial charge in [-0.25, -0.2) is 9.18 Å². The van der Waals surface area contributed by atoms with Crippen LogP contribution in [0.25, 0.3) is 0 Å². The summed E-state index contributed by atoms with van der Waals surface area (Å²) in [6, 6.07) is 12.2. The third-order valence-electron chi connectivity index (χ3n) is 4.14. The number of carbonyl (C=O) groups excluding carboxylic acids is 3. The van der Waals surface area contributed by atoms with Gasteiger partial charge in [0.2, 0.25) is 5.91 Å². The molecule has 0 radical (unpaired) electrons. The third-order valence-corrected chi connectivity index (χ3v) is 4.14. The fraction of sp³-hybridized carbons (Fsp3) is 0.286. The maximum absolute atomic E-state index is 12.8. The predicted octanol–water partition coefficient (Wildman–Crippen LogP) is 2.58. The van der Waals surface area contributed by atoms with Crippen molar-refractivity contribution >= 4 is 29.2 Å². The van der Waals surface area contributed by atoms with Crippen LogP contribution in [0.2, 0.25) is 0 Å². The van der Waals surface area contributed by atoms with Gasteiger partial charge in [-0.1, -0.05) is 0 Å². The van der Waals surface area contributed by atoms with Gasteiger partial charge in [0.25, 0.3) is 5.91 Å². The van der Waals surface area contributed by atoms with Gasteiger partial charge in [0.15, 0.2) is 6.61 Å². The van der Waals surface area contributed by atoms with E-state index in [0.717, 1.165) is 18.8 Å². The molecule has 2 rings (SSSR count). The van der Waals surface area contributed by atoms with E-state index in [1.54, 1.807) is 12.1 Å². The maximum atomic E-state index is 12.8. The first-order valence-corrected chi connectivity index (χ1v) is 9.27. The lowest BCUT2D eigenvalue weighted by Crippen LogP contribution is -2.35. The molecule has 0 bridgehead atoms. The van der Waals surface area contributed by atoms with Gasteiger partial charge in [0, 0.05) is 24.5 Å². The second-order valence-electron chi connectivity index (χ2n) is 6.13. The van der Waals surface area contributed by atoms with Gasteiger partial charge in [-0.15, -0.1) is 0 Å². The number of carbonyl (C=O) groups is 3. The molecule has 2 aromatic carbocycles. The quantitative estimate of drug-likeness (QED) is 0.631. The van der Waals surface area contributed by atoms with Gasteiger partial charge < -0.3 is 20.3 Å². The molecule has 2 amide bonds. The molecule has 0 atom stereocenters. The Morgan fingerprint density at radius 3 is 2.14 bits per heavy atom. The Morgan fingerprint density at radius 1 is 0.931 bits per heavy atom. The molecule has 0 aliphatic rings. The van der Waals surface area contributed by atoms with E-state index in [1.807, 2.05) is 26.0 Å². The van der Waals surface area contributed by atoms with Crippen LogP contribution in [0, 0.1) is 5.82 Å². The SMILES string of the molecule is CCN(CC)c1ccc(C(=O)OCC(=O)NCC(=O)Nc2ccc(F)cc2)cc1. The maximum Gasteiger partial charge on any atom is 0.338 e. The van der Waals surface area contributed by atoms with Gasteiger partial charge in [-0.2, -0.15) is 0 Å². The summed E-state index contributed by atoms with van der Waals surface area (Å²) in [7, 11) is 0. The molecule has 0 saturated heterocycles. The molecule has 0 aliphatic carbocycles. The number of esters is 1. The number of ether oxygens (including phenoxy) is 1. The normalized spacial score (nSPS) is 10.2. The van der Waals surface area contributed by atoms with E-state index >= 15 is 0 Å². The minimum absolute atomic E-state index is 0.299. The van der Waals surface area contributed by atoms with Crippen LogP contribution in [0.5, 0.6) is 0 Å². The van der Waals surface area contributed by atoms with Crippen molar-refractivity contribution < 1.29 is 23.5 Å². The molecule has 7 nitrogen and oxygen atoms in total. The Hall–Kier alpha value is -3.42. The number of rotatable bonds is 9. The topological polar surface area (TPSA) is 87.7 Å². The molecule has 2 aromatic rings. The molecular weight excluding hydrogens is 377 g/mol. The Kier molecular flexibility index (Phi) is 8.14. The van der Waals surface area contributed by atoms with Crippen LogP contribution in [0.3, 0.4) is 0 Å². The van der Waals surface area contributed by atoms with E-state index < -0.39 is 30.2 Å². The van der Waals surface area contributed by atoms with E-state index in [2.05, 4.69) is 15.5 Å². The zero-order chi connectivity index (χ0) is 21.2. The number of halogens is 1. The van der Waals surface area contributed by atoms with Gasteiger partial charge in [0.05, 0.1) is 12.1 Å². The van der Waals surface area contributed by atoms with Crippen LogP contribution in [-0.4, -0.2) is 44.0 Å². The van der Waals surface area contributed by atoms with E-state index in [1.165, 1.54) is 24.3 Å². The van der Waals surface area contributed by atoms with Crippen LogP contribution < -0.4 is 15.5 Å². The number of nitrogens with one attached hydrogen (secondary N) is 2. The zero-order valence-electron chi connectivity index (χ0n) is 16.4. The van der Waals surface area contributed by atoms with Crippen molar-refractivity contribution in [1.82, 2.24) is 5.32 Å². The summed E-state index contributed by atoms with van der Waals surface area (Å²) in [5, 5.41) is 4.86. The largest absolute Gasteiger partial charge is 0.452 e. The molecule has 0 unspecified atom stereocenters. The van der Waals surface area contributed by atoms with E-state index in [4.69, 9.17) is 4.74 Å². The van der Waals surface area contributed by atoms with Gasteiger partial charge >= 0.3 is 5.97 Å². The summed E-state index contributed by atoms with van der Waals surface area (Å²) in [6.07, 6.45) is 0. The molecule has 0 spiro atoms. The summed E-state index contributed by atoms with van der Waals surface area (Å²) in [5.41, 5.74) is 1.74. The Balaban J connectivity index is 1.74.